The molecule has 2 aromatic rings. The van der Waals surface area contributed by atoms with Gasteiger partial charge in [0.25, 0.3) is 5.89 Å². The van der Waals surface area contributed by atoms with Crippen molar-refractivity contribution >= 4 is 0 Å². The lowest BCUT2D eigenvalue weighted by molar-refractivity contribution is 0.233. The fourth-order valence-electron chi connectivity index (χ4n) is 1.54. The second kappa shape index (κ2) is 6.42. The van der Waals surface area contributed by atoms with Gasteiger partial charge in [-0.25, -0.2) is 8.78 Å². The van der Waals surface area contributed by atoms with E-state index in [9.17, 15) is 8.78 Å². The van der Waals surface area contributed by atoms with Crippen LogP contribution in [-0.4, -0.2) is 23.2 Å². The zero-order valence-corrected chi connectivity index (χ0v) is 11.2. The molecule has 0 aliphatic carbocycles. The zero-order valence-electron chi connectivity index (χ0n) is 11.2. The highest BCUT2D eigenvalue weighted by Crippen LogP contribution is 2.18. The Bertz CT molecular complexity index is 574. The molecule has 0 bridgehead atoms. The van der Waals surface area contributed by atoms with E-state index in [2.05, 4.69) is 15.5 Å². The quantitative estimate of drug-likeness (QED) is 0.879. The zero-order chi connectivity index (χ0) is 14.5. The Hall–Kier alpha value is -2.02. The number of hydrogen-bond acceptors (Lipinski definition) is 5. The van der Waals surface area contributed by atoms with E-state index in [0.717, 1.165) is 12.1 Å². The standard InChI is InChI=1S/C13H15F2N3O2/c1-8(16-2)5-12-17-13(20-18-12)7-19-11-4-3-9(14)6-10(11)15/h3-4,6,8,16H,5,7H2,1-2H3. The summed E-state index contributed by atoms with van der Waals surface area (Å²) in [6.45, 7) is 1.92. The number of benzene rings is 1. The lowest BCUT2D eigenvalue weighted by Crippen LogP contribution is -2.24. The van der Waals surface area contributed by atoms with Crippen LogP contribution >= 0.6 is 0 Å². The molecule has 1 aromatic heterocycles. The fraction of sp³-hybridized carbons (Fsp3) is 0.385. The van der Waals surface area contributed by atoms with Crippen LogP contribution in [0.5, 0.6) is 5.75 Å². The Morgan fingerprint density at radius 2 is 2.20 bits per heavy atom. The van der Waals surface area contributed by atoms with Crippen molar-refractivity contribution in [3.63, 3.8) is 0 Å². The molecule has 1 atom stereocenters. The summed E-state index contributed by atoms with van der Waals surface area (Å²) < 4.78 is 36.2. The van der Waals surface area contributed by atoms with Crippen LogP contribution in [-0.2, 0) is 13.0 Å². The van der Waals surface area contributed by atoms with Crippen LogP contribution in [0.25, 0.3) is 0 Å². The third-order valence-corrected chi connectivity index (χ3v) is 2.74. The molecule has 108 valence electrons. The maximum atomic E-state index is 13.3. The molecule has 2 rings (SSSR count). The summed E-state index contributed by atoms with van der Waals surface area (Å²) in [7, 11) is 1.84. The van der Waals surface area contributed by atoms with Crippen LogP contribution in [0.4, 0.5) is 8.78 Å². The van der Waals surface area contributed by atoms with Gasteiger partial charge in [0.1, 0.15) is 5.82 Å². The summed E-state index contributed by atoms with van der Waals surface area (Å²) in [6, 6.07) is 3.30. The number of ether oxygens (including phenoxy) is 1. The van der Waals surface area contributed by atoms with Crippen molar-refractivity contribution in [1.82, 2.24) is 15.5 Å². The first-order chi connectivity index (χ1) is 9.58. The van der Waals surface area contributed by atoms with Gasteiger partial charge in [-0.15, -0.1) is 0 Å². The average molecular weight is 283 g/mol. The molecule has 1 heterocycles. The van der Waals surface area contributed by atoms with Gasteiger partial charge in [0.15, 0.2) is 24.0 Å². The van der Waals surface area contributed by atoms with E-state index >= 15 is 0 Å². The Morgan fingerprint density at radius 3 is 2.90 bits per heavy atom. The Kier molecular flexibility index (Phi) is 4.62. The van der Waals surface area contributed by atoms with Crippen LogP contribution in [0.2, 0.25) is 0 Å². The minimum atomic E-state index is -0.770. The summed E-state index contributed by atoms with van der Waals surface area (Å²) in [6.07, 6.45) is 0.616. The SMILES string of the molecule is CNC(C)Cc1noc(COc2ccc(F)cc2F)n1. The van der Waals surface area contributed by atoms with Gasteiger partial charge in [-0.3, -0.25) is 0 Å². The van der Waals surface area contributed by atoms with Crippen molar-refractivity contribution in [1.29, 1.82) is 0 Å². The second-order valence-electron chi connectivity index (χ2n) is 4.36. The van der Waals surface area contributed by atoms with E-state index in [0.29, 0.717) is 12.2 Å². The highest BCUT2D eigenvalue weighted by molar-refractivity contribution is 5.24. The van der Waals surface area contributed by atoms with E-state index in [-0.39, 0.29) is 24.3 Å². The van der Waals surface area contributed by atoms with Gasteiger partial charge in [0.2, 0.25) is 0 Å². The average Bonchev–Trinajstić information content (AvgIpc) is 2.85. The Labute approximate surface area is 114 Å². The Balaban J connectivity index is 1.94. The third-order valence-electron chi connectivity index (χ3n) is 2.74. The van der Waals surface area contributed by atoms with E-state index in [1.807, 2.05) is 14.0 Å². The van der Waals surface area contributed by atoms with E-state index < -0.39 is 11.6 Å². The molecule has 1 aromatic carbocycles. The molecule has 0 aliphatic rings. The number of rotatable bonds is 6. The molecule has 5 nitrogen and oxygen atoms in total. The number of likely N-dealkylation sites (N-methyl/N-ethyl adjacent to an activating group) is 1. The van der Waals surface area contributed by atoms with Gasteiger partial charge in [-0.1, -0.05) is 5.16 Å². The molecule has 0 saturated heterocycles. The summed E-state index contributed by atoms with van der Waals surface area (Å²) in [5.41, 5.74) is 0. The molecule has 0 fully saturated rings. The van der Waals surface area contributed by atoms with Crippen LogP contribution in [0.3, 0.4) is 0 Å². The summed E-state index contributed by atoms with van der Waals surface area (Å²) in [5.74, 6) is -0.698. The molecule has 20 heavy (non-hydrogen) atoms. The first-order valence-corrected chi connectivity index (χ1v) is 6.15. The van der Waals surface area contributed by atoms with Crippen molar-refractivity contribution in [2.75, 3.05) is 7.05 Å². The molecule has 0 saturated carbocycles. The number of nitrogens with zero attached hydrogens (tertiary/aromatic N) is 2. The summed E-state index contributed by atoms with van der Waals surface area (Å²) in [5, 5.41) is 6.85. The van der Waals surface area contributed by atoms with Crippen LogP contribution < -0.4 is 10.1 Å². The predicted octanol–water partition coefficient (Wildman–Crippen LogP) is 2.08. The molecular weight excluding hydrogens is 268 g/mol. The van der Waals surface area contributed by atoms with Gasteiger partial charge in [0.05, 0.1) is 0 Å². The lowest BCUT2D eigenvalue weighted by Gasteiger charge is -2.05. The van der Waals surface area contributed by atoms with E-state index in [1.54, 1.807) is 0 Å². The van der Waals surface area contributed by atoms with Crippen LogP contribution in [0, 0.1) is 11.6 Å². The molecule has 7 heteroatoms. The summed E-state index contributed by atoms with van der Waals surface area (Å²) in [4.78, 5) is 4.12. The largest absolute Gasteiger partial charge is 0.481 e. The van der Waals surface area contributed by atoms with Gasteiger partial charge >= 0.3 is 0 Å². The van der Waals surface area contributed by atoms with Crippen molar-refractivity contribution in [2.45, 2.75) is 26.0 Å². The van der Waals surface area contributed by atoms with Crippen molar-refractivity contribution in [3.05, 3.63) is 41.5 Å². The monoisotopic (exact) mass is 283 g/mol. The number of halogens is 2. The Morgan fingerprint density at radius 1 is 1.40 bits per heavy atom. The van der Waals surface area contributed by atoms with Crippen molar-refractivity contribution in [3.8, 4) is 5.75 Å². The van der Waals surface area contributed by atoms with Gasteiger partial charge in [-0.2, -0.15) is 4.98 Å². The lowest BCUT2D eigenvalue weighted by atomic mass is 10.2. The number of aromatic nitrogens is 2. The molecule has 1 unspecified atom stereocenters. The van der Waals surface area contributed by atoms with E-state index in [1.165, 1.54) is 6.07 Å². The van der Waals surface area contributed by atoms with Crippen molar-refractivity contribution < 1.29 is 18.0 Å². The second-order valence-corrected chi connectivity index (χ2v) is 4.36. The molecule has 1 N–H and O–H groups in total. The summed E-state index contributed by atoms with van der Waals surface area (Å²) >= 11 is 0. The smallest absolute Gasteiger partial charge is 0.264 e. The van der Waals surface area contributed by atoms with Gasteiger partial charge in [-0.05, 0) is 26.1 Å². The number of nitrogens with one attached hydrogen (secondary N) is 1. The maximum Gasteiger partial charge on any atom is 0.264 e. The van der Waals surface area contributed by atoms with Crippen LogP contribution in [0.1, 0.15) is 18.6 Å². The topological polar surface area (TPSA) is 60.2 Å². The van der Waals surface area contributed by atoms with E-state index in [4.69, 9.17) is 9.26 Å². The minimum absolute atomic E-state index is 0.0604. The first kappa shape index (κ1) is 14.4. The molecule has 0 radical (unpaired) electrons. The molecule has 0 amide bonds. The normalized spacial score (nSPS) is 12.4. The van der Waals surface area contributed by atoms with Gasteiger partial charge in [0, 0.05) is 18.5 Å². The third kappa shape index (κ3) is 3.74. The molecular formula is C13H15F2N3O2. The highest BCUT2D eigenvalue weighted by atomic mass is 19.1. The predicted molar refractivity (Wildman–Crippen MR) is 67.2 cm³/mol. The van der Waals surface area contributed by atoms with Crippen LogP contribution in [0.15, 0.2) is 22.7 Å². The number of hydrogen-bond donors (Lipinski definition) is 1. The maximum absolute atomic E-state index is 13.3. The highest BCUT2D eigenvalue weighted by Gasteiger charge is 2.11. The van der Waals surface area contributed by atoms with Gasteiger partial charge < -0.3 is 14.6 Å². The minimum Gasteiger partial charge on any atom is -0.481 e. The molecule has 0 spiro atoms. The molecule has 0 aliphatic heterocycles. The first-order valence-electron chi connectivity index (χ1n) is 6.15. The fourth-order valence-corrected chi connectivity index (χ4v) is 1.54. The van der Waals surface area contributed by atoms with Crippen molar-refractivity contribution in [2.24, 2.45) is 0 Å².